The fourth-order valence-corrected chi connectivity index (χ4v) is 4.43. The molecule has 1 heterocycles. The minimum absolute atomic E-state index is 0. The summed E-state index contributed by atoms with van der Waals surface area (Å²) in [4.78, 5) is 27.7. The second kappa shape index (κ2) is 13.0. The van der Waals surface area contributed by atoms with Gasteiger partial charge in [0.1, 0.15) is 18.7 Å². The van der Waals surface area contributed by atoms with Gasteiger partial charge in [-0.1, -0.05) is 61.5 Å². The molecule has 8 heteroatoms. The van der Waals surface area contributed by atoms with Crippen LogP contribution in [-0.2, 0) is 11.3 Å². The van der Waals surface area contributed by atoms with Crippen LogP contribution in [0.3, 0.4) is 0 Å². The van der Waals surface area contributed by atoms with Gasteiger partial charge in [-0.05, 0) is 45.6 Å². The predicted molar refractivity (Wildman–Crippen MR) is 142 cm³/mol. The third kappa shape index (κ3) is 6.83. The van der Waals surface area contributed by atoms with E-state index in [9.17, 15) is 9.59 Å². The number of fused-ring (bicyclic) bond motifs is 1. The van der Waals surface area contributed by atoms with Crippen LogP contribution in [0.5, 0.6) is 0 Å². The number of rotatable bonds is 8. The van der Waals surface area contributed by atoms with E-state index in [2.05, 4.69) is 28.2 Å². The summed E-state index contributed by atoms with van der Waals surface area (Å²) < 4.78 is 8.28. The van der Waals surface area contributed by atoms with Crippen molar-refractivity contribution >= 4 is 50.1 Å². The van der Waals surface area contributed by atoms with E-state index < -0.39 is 6.09 Å². The highest BCUT2D eigenvalue weighted by atomic mass is 79.9. The molecule has 3 aromatic carbocycles. The highest BCUT2D eigenvalue weighted by Crippen LogP contribution is 2.23. The molecule has 0 fully saturated rings. The highest BCUT2D eigenvalue weighted by Gasteiger charge is 2.22. The number of carbonyl (C=O) groups is 2. The van der Waals surface area contributed by atoms with Crippen LogP contribution in [0, 0.1) is 0 Å². The number of aryl methyl sites for hydroxylation is 1. The third-order valence-electron chi connectivity index (χ3n) is 5.50. The Hall–Kier alpha value is -3.42. The summed E-state index contributed by atoms with van der Waals surface area (Å²) in [7, 11) is 0. The SMILES string of the molecule is CCC[n+]1cc(Br)cc(C(=O)N(CCOC(=O)Nc2cccc3ccccc23)c2ccccc2)c1.[Cl-]. The van der Waals surface area contributed by atoms with Crippen LogP contribution in [0.4, 0.5) is 16.2 Å². The maximum atomic E-state index is 13.5. The number of benzene rings is 3. The number of hydrogen-bond donors (Lipinski definition) is 1. The summed E-state index contributed by atoms with van der Waals surface area (Å²) in [5, 5.41) is 4.78. The second-order valence-corrected chi connectivity index (χ2v) is 8.98. The molecule has 6 nitrogen and oxygen atoms in total. The standard InChI is InChI=1S/C28H26BrN3O3.ClH/c1-2-15-31-19-22(18-23(29)20-31)27(33)32(24-11-4-3-5-12-24)16-17-35-28(34)30-26-14-8-10-21-9-6-7-13-25(21)26;/h3-14,18-20H,2,15-17H2,1H3;1H. The molecule has 4 rings (SSSR count). The Balaban J connectivity index is 0.00000361. The molecule has 1 aromatic heterocycles. The van der Waals surface area contributed by atoms with Crippen molar-refractivity contribution in [3.8, 4) is 0 Å². The van der Waals surface area contributed by atoms with Gasteiger partial charge in [-0.25, -0.2) is 9.36 Å². The van der Waals surface area contributed by atoms with Crippen LogP contribution in [0.15, 0.2) is 95.7 Å². The van der Waals surface area contributed by atoms with Crippen LogP contribution in [0.2, 0.25) is 0 Å². The van der Waals surface area contributed by atoms with Crippen molar-refractivity contribution in [1.29, 1.82) is 0 Å². The average Bonchev–Trinajstić information content (AvgIpc) is 2.87. The molecule has 186 valence electrons. The lowest BCUT2D eigenvalue weighted by Gasteiger charge is -2.22. The average molecular weight is 569 g/mol. The number of nitrogens with zero attached hydrogens (tertiary/aromatic N) is 2. The van der Waals surface area contributed by atoms with Crippen LogP contribution < -0.4 is 27.2 Å². The number of pyridine rings is 1. The summed E-state index contributed by atoms with van der Waals surface area (Å²) in [5.74, 6) is -0.166. The molecule has 1 N–H and O–H groups in total. The topological polar surface area (TPSA) is 62.5 Å². The van der Waals surface area contributed by atoms with Crippen molar-refractivity contribution in [2.24, 2.45) is 0 Å². The summed E-state index contributed by atoms with van der Waals surface area (Å²) in [5.41, 5.74) is 1.97. The van der Waals surface area contributed by atoms with E-state index >= 15 is 0 Å². The first kappa shape index (κ1) is 27.2. The normalized spacial score (nSPS) is 10.4. The molecule has 0 unspecified atom stereocenters. The van der Waals surface area contributed by atoms with E-state index in [1.807, 2.05) is 89.8 Å². The zero-order valence-corrected chi connectivity index (χ0v) is 22.2. The molecular weight excluding hydrogens is 542 g/mol. The van der Waals surface area contributed by atoms with Gasteiger partial charge in [-0.3, -0.25) is 10.1 Å². The molecule has 0 aliphatic rings. The van der Waals surface area contributed by atoms with Crippen LogP contribution in [0.25, 0.3) is 10.8 Å². The van der Waals surface area contributed by atoms with E-state index in [1.54, 1.807) is 11.0 Å². The molecule has 36 heavy (non-hydrogen) atoms. The number of carbonyl (C=O) groups excluding carboxylic acids is 2. The van der Waals surface area contributed by atoms with Gasteiger partial charge in [0.05, 0.1) is 16.7 Å². The van der Waals surface area contributed by atoms with Crippen molar-refractivity contribution in [1.82, 2.24) is 0 Å². The minimum atomic E-state index is -0.565. The Bertz CT molecular complexity index is 1330. The summed E-state index contributed by atoms with van der Waals surface area (Å²) in [6.45, 7) is 3.15. The van der Waals surface area contributed by atoms with E-state index in [1.165, 1.54) is 0 Å². The molecule has 0 radical (unpaired) electrons. The number of nitrogens with one attached hydrogen (secondary N) is 1. The van der Waals surface area contributed by atoms with Crippen molar-refractivity contribution in [2.45, 2.75) is 19.9 Å². The molecule has 0 atom stereocenters. The number of anilines is 2. The molecule has 0 saturated carbocycles. The summed E-state index contributed by atoms with van der Waals surface area (Å²) in [6, 6.07) is 24.7. The number of hydrogen-bond acceptors (Lipinski definition) is 3. The Labute approximate surface area is 225 Å². The van der Waals surface area contributed by atoms with Crippen molar-refractivity contribution in [3.63, 3.8) is 0 Å². The Morgan fingerprint density at radius 2 is 1.69 bits per heavy atom. The summed E-state index contributed by atoms with van der Waals surface area (Å²) >= 11 is 3.51. The fourth-order valence-electron chi connectivity index (χ4n) is 3.92. The Morgan fingerprint density at radius 3 is 2.47 bits per heavy atom. The second-order valence-electron chi connectivity index (χ2n) is 8.06. The first-order chi connectivity index (χ1) is 17.0. The molecule has 0 spiro atoms. The molecule has 2 amide bonds. The smallest absolute Gasteiger partial charge is 0.411 e. The molecule has 0 bridgehead atoms. The lowest BCUT2D eigenvalue weighted by atomic mass is 10.1. The van der Waals surface area contributed by atoms with E-state index in [0.717, 1.165) is 33.9 Å². The number of ether oxygens (including phenoxy) is 1. The van der Waals surface area contributed by atoms with Gasteiger partial charge < -0.3 is 22.0 Å². The molecule has 4 aromatic rings. The van der Waals surface area contributed by atoms with Gasteiger partial charge >= 0.3 is 6.09 Å². The molecule has 0 saturated heterocycles. The van der Waals surface area contributed by atoms with E-state index in [0.29, 0.717) is 11.3 Å². The van der Waals surface area contributed by atoms with Crippen molar-refractivity contribution in [2.75, 3.05) is 23.4 Å². The van der Waals surface area contributed by atoms with Gasteiger partial charge in [-0.15, -0.1) is 0 Å². The van der Waals surface area contributed by atoms with Crippen LogP contribution >= 0.6 is 15.9 Å². The predicted octanol–water partition coefficient (Wildman–Crippen LogP) is 3.20. The Kier molecular flexibility index (Phi) is 9.85. The van der Waals surface area contributed by atoms with E-state index in [4.69, 9.17) is 4.74 Å². The molecule has 0 aliphatic heterocycles. The summed E-state index contributed by atoms with van der Waals surface area (Å²) in [6.07, 6.45) is 4.19. The molecular formula is C28H27BrClN3O3. The fraction of sp³-hybridized carbons (Fsp3) is 0.179. The highest BCUT2D eigenvalue weighted by molar-refractivity contribution is 9.10. The molecule has 0 aliphatic carbocycles. The first-order valence-corrected chi connectivity index (χ1v) is 12.3. The van der Waals surface area contributed by atoms with Gasteiger partial charge in [-0.2, -0.15) is 0 Å². The lowest BCUT2D eigenvalue weighted by molar-refractivity contribution is -0.697. The lowest BCUT2D eigenvalue weighted by Crippen LogP contribution is -3.00. The quantitative estimate of drug-likeness (QED) is 0.332. The zero-order valence-electron chi connectivity index (χ0n) is 19.9. The van der Waals surface area contributed by atoms with Crippen LogP contribution in [-0.4, -0.2) is 25.2 Å². The third-order valence-corrected chi connectivity index (χ3v) is 5.94. The van der Waals surface area contributed by atoms with Gasteiger partial charge in [0.2, 0.25) is 0 Å². The number of amides is 2. The maximum absolute atomic E-state index is 13.5. The van der Waals surface area contributed by atoms with Crippen molar-refractivity contribution in [3.05, 3.63) is 101 Å². The first-order valence-electron chi connectivity index (χ1n) is 11.5. The number of halogens is 2. The number of aromatic nitrogens is 1. The zero-order chi connectivity index (χ0) is 24.6. The monoisotopic (exact) mass is 567 g/mol. The van der Waals surface area contributed by atoms with Gasteiger partial charge in [0.15, 0.2) is 12.4 Å². The van der Waals surface area contributed by atoms with E-state index in [-0.39, 0.29) is 31.5 Å². The maximum Gasteiger partial charge on any atom is 0.411 e. The van der Waals surface area contributed by atoms with Crippen molar-refractivity contribution < 1.29 is 31.3 Å². The Morgan fingerprint density at radius 1 is 0.972 bits per heavy atom. The van der Waals surface area contributed by atoms with Crippen LogP contribution in [0.1, 0.15) is 23.7 Å². The largest absolute Gasteiger partial charge is 1.00 e. The number of para-hydroxylation sites is 1. The van der Waals surface area contributed by atoms with Gasteiger partial charge in [0, 0.05) is 17.5 Å². The minimum Gasteiger partial charge on any atom is -1.00 e. The van der Waals surface area contributed by atoms with Gasteiger partial charge in [0.25, 0.3) is 5.91 Å².